The van der Waals surface area contributed by atoms with Crippen LogP contribution in [0.5, 0.6) is 0 Å². The van der Waals surface area contributed by atoms with Crippen molar-refractivity contribution in [2.24, 2.45) is 5.73 Å². The molecule has 2 aromatic heterocycles. The van der Waals surface area contributed by atoms with Crippen LogP contribution in [-0.2, 0) is 0 Å². The Kier molecular flexibility index (Phi) is 3.41. The van der Waals surface area contributed by atoms with Gasteiger partial charge in [0.25, 0.3) is 5.91 Å². The first-order chi connectivity index (χ1) is 11.0. The van der Waals surface area contributed by atoms with Crippen LogP contribution in [0.3, 0.4) is 0 Å². The number of aromatic nitrogens is 2. The third kappa shape index (κ3) is 2.69. The minimum absolute atomic E-state index is 0.108. The molecule has 8 nitrogen and oxygen atoms in total. The van der Waals surface area contributed by atoms with Crippen LogP contribution in [0.4, 0.5) is 5.88 Å². The number of aryl methyl sites for hydroxylation is 1. The minimum Gasteiger partial charge on any atom is -0.399 e. The van der Waals surface area contributed by atoms with E-state index in [1.807, 2.05) is 31.2 Å². The van der Waals surface area contributed by atoms with Gasteiger partial charge in [0.2, 0.25) is 0 Å². The van der Waals surface area contributed by atoms with Gasteiger partial charge in [0, 0.05) is 6.20 Å². The molecule has 8 heteroatoms. The Morgan fingerprint density at radius 1 is 1.26 bits per heavy atom. The van der Waals surface area contributed by atoms with Crippen molar-refractivity contribution in [1.29, 1.82) is 0 Å². The summed E-state index contributed by atoms with van der Waals surface area (Å²) in [7, 11) is 0. The highest BCUT2D eigenvalue weighted by Crippen LogP contribution is 2.28. The molecule has 0 saturated carbocycles. The zero-order valence-electron chi connectivity index (χ0n) is 12.1. The lowest BCUT2D eigenvalue weighted by Crippen LogP contribution is -2.11. The number of primary amides is 1. The van der Waals surface area contributed by atoms with Crippen molar-refractivity contribution in [3.05, 3.63) is 63.8 Å². The van der Waals surface area contributed by atoms with E-state index >= 15 is 0 Å². The number of hydrogen-bond acceptors (Lipinski definition) is 5. The lowest BCUT2D eigenvalue weighted by atomic mass is 10.2. The van der Waals surface area contributed by atoms with E-state index in [4.69, 9.17) is 10.2 Å². The Bertz CT molecular complexity index is 893. The van der Waals surface area contributed by atoms with Crippen molar-refractivity contribution in [2.75, 3.05) is 0 Å². The largest absolute Gasteiger partial charge is 0.433 e. The molecule has 0 saturated heterocycles. The molecule has 1 amide bonds. The highest BCUT2D eigenvalue weighted by atomic mass is 16.6. The number of carbonyl (C=O) groups is 1. The van der Waals surface area contributed by atoms with E-state index in [-0.39, 0.29) is 17.0 Å². The monoisotopic (exact) mass is 312 g/mol. The molecular weight excluding hydrogens is 300 g/mol. The summed E-state index contributed by atoms with van der Waals surface area (Å²) in [5.41, 5.74) is 7.45. The molecule has 0 radical (unpaired) electrons. The van der Waals surface area contributed by atoms with Crippen molar-refractivity contribution in [2.45, 2.75) is 6.92 Å². The summed E-state index contributed by atoms with van der Waals surface area (Å²) in [6.45, 7) is 1.95. The molecule has 2 heterocycles. The highest BCUT2D eigenvalue weighted by Gasteiger charge is 2.21. The van der Waals surface area contributed by atoms with E-state index in [0.29, 0.717) is 0 Å². The first-order valence-corrected chi connectivity index (χ1v) is 6.67. The van der Waals surface area contributed by atoms with Crippen molar-refractivity contribution >= 4 is 11.8 Å². The number of nitro groups is 1. The molecule has 0 bridgehead atoms. The number of carbonyl (C=O) groups excluding carboxylic acids is 1. The van der Waals surface area contributed by atoms with Gasteiger partial charge >= 0.3 is 5.88 Å². The van der Waals surface area contributed by atoms with Crippen molar-refractivity contribution in [3.8, 4) is 17.1 Å². The summed E-state index contributed by atoms with van der Waals surface area (Å²) in [6, 6.07) is 10.1. The van der Waals surface area contributed by atoms with Gasteiger partial charge in [-0.2, -0.15) is 5.10 Å². The molecule has 1 aromatic carbocycles. The molecule has 0 atom stereocenters. The van der Waals surface area contributed by atoms with E-state index in [9.17, 15) is 14.9 Å². The summed E-state index contributed by atoms with van der Waals surface area (Å²) in [4.78, 5) is 21.7. The summed E-state index contributed by atoms with van der Waals surface area (Å²) in [6.07, 6.45) is 1.47. The number of nitrogens with zero attached hydrogens (tertiary/aromatic N) is 3. The van der Waals surface area contributed by atoms with Gasteiger partial charge in [0.05, 0.1) is 17.3 Å². The van der Waals surface area contributed by atoms with Crippen LogP contribution in [0.2, 0.25) is 0 Å². The van der Waals surface area contributed by atoms with E-state index < -0.39 is 16.7 Å². The topological polar surface area (TPSA) is 117 Å². The predicted octanol–water partition coefficient (Wildman–Crippen LogP) is 2.45. The van der Waals surface area contributed by atoms with Crippen LogP contribution in [-0.4, -0.2) is 20.6 Å². The van der Waals surface area contributed by atoms with Crippen LogP contribution in [0.25, 0.3) is 17.1 Å². The predicted molar refractivity (Wildman–Crippen MR) is 81.2 cm³/mol. The molecular formula is C15H12N4O4. The lowest BCUT2D eigenvalue weighted by Gasteiger charge is -2.00. The standard InChI is InChI=1S/C15H12N4O4/c1-9-2-4-10(5-3-9)18-8-11(15(16)20)14(17-18)12-6-7-13(23-12)19(21)22/h2-8H,1H3,(H2,16,20). The Balaban J connectivity index is 2.10. The first kappa shape index (κ1) is 14.5. The maximum atomic E-state index is 11.6. The molecule has 116 valence electrons. The fourth-order valence-corrected chi connectivity index (χ4v) is 2.12. The summed E-state index contributed by atoms with van der Waals surface area (Å²) < 4.78 is 6.58. The average Bonchev–Trinajstić information content (AvgIpc) is 3.14. The smallest absolute Gasteiger partial charge is 0.399 e. The summed E-state index contributed by atoms with van der Waals surface area (Å²) in [5, 5.41) is 15.0. The lowest BCUT2D eigenvalue weighted by molar-refractivity contribution is -0.401. The number of amides is 1. The second kappa shape index (κ2) is 5.41. The Hall–Kier alpha value is -3.42. The summed E-state index contributed by atoms with van der Waals surface area (Å²) >= 11 is 0. The fraction of sp³-hybridized carbons (Fsp3) is 0.0667. The molecule has 0 spiro atoms. The molecule has 0 unspecified atom stereocenters. The van der Waals surface area contributed by atoms with Gasteiger partial charge in [0.1, 0.15) is 10.6 Å². The average molecular weight is 312 g/mol. The number of hydrogen-bond donors (Lipinski definition) is 1. The van der Waals surface area contributed by atoms with Gasteiger partial charge in [-0.25, -0.2) is 4.68 Å². The number of furan rings is 1. The van der Waals surface area contributed by atoms with Gasteiger partial charge in [-0.3, -0.25) is 14.9 Å². The van der Waals surface area contributed by atoms with Gasteiger partial charge in [0.15, 0.2) is 5.76 Å². The Morgan fingerprint density at radius 3 is 2.52 bits per heavy atom. The zero-order valence-corrected chi connectivity index (χ0v) is 12.1. The van der Waals surface area contributed by atoms with E-state index in [1.54, 1.807) is 0 Å². The van der Waals surface area contributed by atoms with Crippen LogP contribution in [0, 0.1) is 17.0 Å². The molecule has 0 aliphatic heterocycles. The van der Waals surface area contributed by atoms with Gasteiger partial charge in [-0.05, 0) is 25.1 Å². The van der Waals surface area contributed by atoms with Gasteiger partial charge < -0.3 is 10.2 Å². The zero-order chi connectivity index (χ0) is 16.6. The maximum Gasteiger partial charge on any atom is 0.433 e. The third-order valence-corrected chi connectivity index (χ3v) is 3.28. The molecule has 0 aliphatic rings. The fourth-order valence-electron chi connectivity index (χ4n) is 2.12. The van der Waals surface area contributed by atoms with Gasteiger partial charge in [-0.15, -0.1) is 0 Å². The molecule has 23 heavy (non-hydrogen) atoms. The van der Waals surface area contributed by atoms with Crippen molar-refractivity contribution < 1.29 is 14.1 Å². The minimum atomic E-state index is -0.697. The van der Waals surface area contributed by atoms with E-state index in [0.717, 1.165) is 11.3 Å². The molecule has 3 aromatic rings. The van der Waals surface area contributed by atoms with Crippen molar-refractivity contribution in [3.63, 3.8) is 0 Å². The SMILES string of the molecule is Cc1ccc(-n2cc(C(N)=O)c(-c3ccc([N+](=O)[O-])o3)n2)cc1. The molecule has 2 N–H and O–H groups in total. The Labute approximate surface area is 130 Å². The normalized spacial score (nSPS) is 10.7. The van der Waals surface area contributed by atoms with E-state index in [2.05, 4.69) is 5.10 Å². The number of nitrogens with two attached hydrogens (primary N) is 1. The summed E-state index contributed by atoms with van der Waals surface area (Å²) in [5.74, 6) is -1.02. The van der Waals surface area contributed by atoms with Crippen molar-refractivity contribution in [1.82, 2.24) is 9.78 Å². The molecule has 0 fully saturated rings. The van der Waals surface area contributed by atoms with Crippen LogP contribution >= 0.6 is 0 Å². The Morgan fingerprint density at radius 2 is 1.96 bits per heavy atom. The number of rotatable bonds is 4. The third-order valence-electron chi connectivity index (χ3n) is 3.28. The quantitative estimate of drug-likeness (QED) is 0.586. The van der Waals surface area contributed by atoms with E-state index in [1.165, 1.54) is 23.0 Å². The van der Waals surface area contributed by atoms with Crippen LogP contribution in [0.1, 0.15) is 15.9 Å². The maximum absolute atomic E-state index is 11.6. The second-order valence-electron chi connectivity index (χ2n) is 4.93. The first-order valence-electron chi connectivity index (χ1n) is 6.67. The molecule has 3 rings (SSSR count). The van der Waals surface area contributed by atoms with Crippen LogP contribution < -0.4 is 5.73 Å². The van der Waals surface area contributed by atoms with Gasteiger partial charge in [-0.1, -0.05) is 17.7 Å². The molecule has 0 aliphatic carbocycles. The second-order valence-corrected chi connectivity index (χ2v) is 4.93. The number of benzene rings is 1. The highest BCUT2D eigenvalue weighted by molar-refractivity contribution is 5.98. The van der Waals surface area contributed by atoms with Crippen LogP contribution in [0.15, 0.2) is 47.0 Å².